The molecule has 1 aliphatic heterocycles. The van der Waals surface area contributed by atoms with Crippen LogP contribution < -0.4 is 5.32 Å². The van der Waals surface area contributed by atoms with Crippen molar-refractivity contribution in [1.82, 2.24) is 15.1 Å². The Morgan fingerprint density at radius 2 is 1.96 bits per heavy atom. The fourth-order valence-electron chi connectivity index (χ4n) is 4.97. The van der Waals surface area contributed by atoms with Gasteiger partial charge in [0.15, 0.2) is 0 Å². The van der Waals surface area contributed by atoms with Crippen LogP contribution in [-0.4, -0.2) is 74.2 Å². The maximum Gasteiger partial charge on any atom is 0.223 e. The average molecular weight is 360 g/mol. The fraction of sp³-hybridized carbons (Fsp3) is 0.944. The van der Waals surface area contributed by atoms with E-state index in [1.165, 1.54) is 25.7 Å². The summed E-state index contributed by atoms with van der Waals surface area (Å²) in [6, 6.07) is 0.609. The van der Waals surface area contributed by atoms with Crippen LogP contribution in [0.5, 0.6) is 0 Å². The summed E-state index contributed by atoms with van der Waals surface area (Å²) >= 11 is 0. The number of ether oxygens (including phenoxy) is 1. The van der Waals surface area contributed by atoms with Crippen LogP contribution in [0.2, 0.25) is 0 Å². The van der Waals surface area contributed by atoms with E-state index in [-0.39, 0.29) is 12.4 Å². The molecule has 0 aromatic rings. The molecule has 0 bridgehead atoms. The first-order chi connectivity index (χ1) is 11.2. The van der Waals surface area contributed by atoms with Crippen LogP contribution in [0.3, 0.4) is 0 Å². The van der Waals surface area contributed by atoms with E-state index < -0.39 is 0 Å². The van der Waals surface area contributed by atoms with Gasteiger partial charge in [0.2, 0.25) is 5.91 Å². The van der Waals surface area contributed by atoms with Crippen molar-refractivity contribution in [3.63, 3.8) is 0 Å². The van der Waals surface area contributed by atoms with Crippen LogP contribution in [-0.2, 0) is 9.53 Å². The van der Waals surface area contributed by atoms with Gasteiger partial charge in [0, 0.05) is 57.2 Å². The highest BCUT2D eigenvalue weighted by Gasteiger charge is 2.57. The largest absolute Gasteiger partial charge is 0.378 e. The highest BCUT2D eigenvalue weighted by Crippen LogP contribution is 2.56. The average Bonchev–Trinajstić information content (AvgIpc) is 3.09. The Kier molecular flexibility index (Phi) is 7.35. The van der Waals surface area contributed by atoms with Crippen LogP contribution in [0.15, 0.2) is 0 Å². The molecule has 1 heterocycles. The van der Waals surface area contributed by atoms with Gasteiger partial charge in [0.05, 0.1) is 6.10 Å². The number of piperazine rings is 1. The third kappa shape index (κ3) is 3.90. The Balaban J connectivity index is 0.00000208. The number of hydrogen-bond acceptors (Lipinski definition) is 4. The van der Waals surface area contributed by atoms with Crippen molar-refractivity contribution in [2.75, 3.05) is 46.4 Å². The molecule has 1 spiro atoms. The summed E-state index contributed by atoms with van der Waals surface area (Å²) in [6.45, 7) is 7.40. The number of carbonyl (C=O) groups is 1. The number of carbonyl (C=O) groups excluding carboxylic acids is 1. The monoisotopic (exact) mass is 359 g/mol. The Morgan fingerprint density at radius 3 is 2.58 bits per heavy atom. The molecule has 5 nitrogen and oxygen atoms in total. The summed E-state index contributed by atoms with van der Waals surface area (Å²) in [7, 11) is 2.21. The smallest absolute Gasteiger partial charge is 0.223 e. The second-order valence-corrected chi connectivity index (χ2v) is 7.50. The van der Waals surface area contributed by atoms with Crippen molar-refractivity contribution in [2.24, 2.45) is 5.41 Å². The number of nitrogens with one attached hydrogen (secondary N) is 1. The summed E-state index contributed by atoms with van der Waals surface area (Å²) in [4.78, 5) is 16.8. The van der Waals surface area contributed by atoms with E-state index in [4.69, 9.17) is 4.74 Å². The van der Waals surface area contributed by atoms with E-state index in [0.29, 0.717) is 29.9 Å². The van der Waals surface area contributed by atoms with Crippen molar-refractivity contribution >= 4 is 18.3 Å². The van der Waals surface area contributed by atoms with Gasteiger partial charge in [-0.15, -0.1) is 12.4 Å². The molecule has 1 N–H and O–H groups in total. The van der Waals surface area contributed by atoms with Gasteiger partial charge < -0.3 is 19.9 Å². The van der Waals surface area contributed by atoms with Crippen molar-refractivity contribution in [1.29, 1.82) is 0 Å². The standard InChI is InChI=1S/C18H33N3O2.ClH/c1-3-23-16-14-15(18(16)7-4-5-8-18)20(2)11-6-17(22)21-12-9-19-10-13-21;/h15-16,19H,3-14H2,1-2H3;1H. The molecule has 1 saturated heterocycles. The molecule has 2 saturated carbocycles. The van der Waals surface area contributed by atoms with E-state index in [9.17, 15) is 4.79 Å². The van der Waals surface area contributed by atoms with Crippen LogP contribution in [0.1, 0.15) is 45.4 Å². The normalized spacial score (nSPS) is 28.7. The Bertz CT molecular complexity index is 409. The minimum atomic E-state index is 0. The number of rotatable bonds is 6. The van der Waals surface area contributed by atoms with Gasteiger partial charge in [-0.3, -0.25) is 4.79 Å². The van der Waals surface area contributed by atoms with Gasteiger partial charge in [-0.2, -0.15) is 0 Å². The van der Waals surface area contributed by atoms with Crippen LogP contribution >= 0.6 is 12.4 Å². The molecular weight excluding hydrogens is 326 g/mol. The lowest BCUT2D eigenvalue weighted by Crippen LogP contribution is -2.63. The lowest BCUT2D eigenvalue weighted by Gasteiger charge is -2.57. The SMILES string of the molecule is CCOC1CC(N(C)CCC(=O)N2CCNCC2)C12CCCC2.Cl. The first-order valence-corrected chi connectivity index (χ1v) is 9.47. The van der Waals surface area contributed by atoms with E-state index in [2.05, 4.69) is 24.2 Å². The Labute approximate surface area is 152 Å². The molecule has 2 aliphatic carbocycles. The van der Waals surface area contributed by atoms with E-state index in [1.807, 2.05) is 4.90 Å². The minimum absolute atomic E-state index is 0. The second-order valence-electron chi connectivity index (χ2n) is 7.50. The number of halogens is 1. The summed E-state index contributed by atoms with van der Waals surface area (Å²) < 4.78 is 6.01. The molecule has 0 aromatic heterocycles. The third-order valence-electron chi connectivity index (χ3n) is 6.32. The molecule has 2 atom stereocenters. The van der Waals surface area contributed by atoms with Gasteiger partial charge in [-0.05, 0) is 33.2 Å². The van der Waals surface area contributed by atoms with E-state index >= 15 is 0 Å². The van der Waals surface area contributed by atoms with Crippen molar-refractivity contribution in [3.05, 3.63) is 0 Å². The lowest BCUT2D eigenvalue weighted by atomic mass is 9.60. The first kappa shape index (κ1) is 20.0. The maximum absolute atomic E-state index is 12.4. The van der Waals surface area contributed by atoms with Gasteiger partial charge in [0.25, 0.3) is 0 Å². The highest BCUT2D eigenvalue weighted by atomic mass is 35.5. The zero-order valence-electron chi connectivity index (χ0n) is 15.3. The van der Waals surface area contributed by atoms with Crippen LogP contribution in [0, 0.1) is 5.41 Å². The Morgan fingerprint density at radius 1 is 1.29 bits per heavy atom. The quantitative estimate of drug-likeness (QED) is 0.786. The predicted octanol–water partition coefficient (Wildman–Crippen LogP) is 1.90. The maximum atomic E-state index is 12.4. The van der Waals surface area contributed by atoms with E-state index in [0.717, 1.165) is 45.8 Å². The number of hydrogen-bond donors (Lipinski definition) is 1. The number of amides is 1. The predicted molar refractivity (Wildman–Crippen MR) is 98.7 cm³/mol. The zero-order chi connectivity index (χ0) is 16.3. The van der Waals surface area contributed by atoms with Gasteiger partial charge in [-0.1, -0.05) is 12.8 Å². The topological polar surface area (TPSA) is 44.8 Å². The van der Waals surface area contributed by atoms with Gasteiger partial charge >= 0.3 is 0 Å². The summed E-state index contributed by atoms with van der Waals surface area (Å²) in [5, 5.41) is 3.30. The summed E-state index contributed by atoms with van der Waals surface area (Å²) in [5.74, 6) is 0.319. The van der Waals surface area contributed by atoms with E-state index in [1.54, 1.807) is 0 Å². The molecule has 0 radical (unpaired) electrons. The fourth-order valence-corrected chi connectivity index (χ4v) is 4.97. The summed E-state index contributed by atoms with van der Waals surface area (Å²) in [6.07, 6.45) is 7.54. The molecule has 1 amide bonds. The molecule has 6 heteroatoms. The van der Waals surface area contributed by atoms with Crippen molar-refractivity contribution in [2.45, 2.75) is 57.6 Å². The number of nitrogens with zero attached hydrogens (tertiary/aromatic N) is 2. The molecule has 3 aliphatic rings. The molecule has 2 unspecified atom stereocenters. The molecular formula is C18H34ClN3O2. The molecule has 0 aromatic carbocycles. The van der Waals surface area contributed by atoms with Gasteiger partial charge in [0.1, 0.15) is 0 Å². The first-order valence-electron chi connectivity index (χ1n) is 9.47. The zero-order valence-corrected chi connectivity index (χ0v) is 16.1. The van der Waals surface area contributed by atoms with Crippen molar-refractivity contribution in [3.8, 4) is 0 Å². The van der Waals surface area contributed by atoms with Crippen LogP contribution in [0.25, 0.3) is 0 Å². The van der Waals surface area contributed by atoms with Crippen LogP contribution in [0.4, 0.5) is 0 Å². The molecule has 3 rings (SSSR count). The third-order valence-corrected chi connectivity index (χ3v) is 6.32. The molecule has 140 valence electrons. The highest BCUT2D eigenvalue weighted by molar-refractivity contribution is 5.85. The Hall–Kier alpha value is -0.360. The summed E-state index contributed by atoms with van der Waals surface area (Å²) in [5.41, 5.74) is 0.378. The van der Waals surface area contributed by atoms with Crippen molar-refractivity contribution < 1.29 is 9.53 Å². The van der Waals surface area contributed by atoms with Gasteiger partial charge in [-0.25, -0.2) is 0 Å². The lowest BCUT2D eigenvalue weighted by molar-refractivity contribution is -0.161. The second kappa shape index (κ2) is 8.84. The minimum Gasteiger partial charge on any atom is -0.378 e. The molecule has 24 heavy (non-hydrogen) atoms. The molecule has 3 fully saturated rings.